The maximum Gasteiger partial charge on any atom is 0.283 e. The smallest absolute Gasteiger partial charge is 0.283 e. The Kier molecular flexibility index (Phi) is 34.5. The van der Waals surface area contributed by atoms with E-state index in [1.54, 1.807) is 43.0 Å². The van der Waals surface area contributed by atoms with E-state index >= 15 is 0 Å². The van der Waals surface area contributed by atoms with E-state index in [9.17, 15) is 20.2 Å². The minimum Gasteiger partial charge on any atom is -0.398 e. The molecule has 9 nitrogen and oxygen atoms in total. The van der Waals surface area contributed by atoms with Crippen molar-refractivity contribution < 1.29 is 9.85 Å². The summed E-state index contributed by atoms with van der Waals surface area (Å²) in [5.41, 5.74) is 24.6. The number of benzene rings is 10. The molecule has 0 saturated carbocycles. The number of nitro benzene ring substituents is 2. The number of hydrogen-bond donors (Lipinski definition) is 2. The predicted molar refractivity (Wildman–Crippen MR) is 432 cm³/mol. The molecule has 12 rings (SSSR count). The highest BCUT2D eigenvalue weighted by molar-refractivity contribution is 8.93. The zero-order valence-electron chi connectivity index (χ0n) is 58.6. The summed E-state index contributed by atoms with van der Waals surface area (Å²) in [5, 5.41) is 21.3. The summed E-state index contributed by atoms with van der Waals surface area (Å²) in [4.78, 5) is 36.4. The molecule has 2 fully saturated rings. The average molecular weight is 1490 g/mol. The average Bonchev–Trinajstić information content (AvgIpc) is 0.839. The van der Waals surface area contributed by atoms with E-state index in [0.717, 1.165) is 37.1 Å². The SMILES string of the molecule is Br.Cc1ccc(S)c(C)c1.Cc1ccc(Sc2ccccc2N)c(C)c1.Cc1ccc(Sc2ccccc2N2CCCCC2)c(C)c1.Cc1ccc(Sc2ccccc2N2CCCCC2)c(C)c1.Cc1ccc(Sc2ccccc2[N+](=O)[O-])c(C)c1.Cc1ccc([N+](=O)[O-])c(C)c1.Cl. The zero-order valence-corrected chi connectivity index (χ0v) is 65.3. The van der Waals surface area contributed by atoms with Gasteiger partial charge in [-0.05, 0) is 228 Å². The van der Waals surface area contributed by atoms with E-state index in [2.05, 4.69) is 205 Å². The molecule has 2 saturated heterocycles. The molecule has 2 heterocycles. The van der Waals surface area contributed by atoms with Crippen LogP contribution >= 0.6 is 89.1 Å². The van der Waals surface area contributed by atoms with Crippen molar-refractivity contribution in [1.82, 2.24) is 0 Å². The van der Waals surface area contributed by atoms with Gasteiger partial charge in [0.1, 0.15) is 0 Å². The number of thiol groups is 1. The van der Waals surface area contributed by atoms with Gasteiger partial charge in [0.2, 0.25) is 0 Å². The van der Waals surface area contributed by atoms with Gasteiger partial charge in [-0.2, -0.15) is 0 Å². The van der Waals surface area contributed by atoms with Gasteiger partial charge in [0, 0.05) is 88.7 Å². The van der Waals surface area contributed by atoms with Crippen molar-refractivity contribution in [1.29, 1.82) is 0 Å². The Morgan fingerprint density at radius 2 is 0.633 bits per heavy atom. The molecule has 0 radical (unpaired) electrons. The predicted octanol–water partition coefficient (Wildman–Crippen LogP) is 25.1. The second-order valence-corrected chi connectivity index (χ2v) is 29.4. The fraction of sp³-hybridized carbons (Fsp3) is 0.268. The van der Waals surface area contributed by atoms with Crippen LogP contribution in [0, 0.1) is 103 Å². The van der Waals surface area contributed by atoms with Crippen LogP contribution in [0.5, 0.6) is 0 Å². The monoisotopic (exact) mass is 1490 g/mol. The zero-order chi connectivity index (χ0) is 69.3. The highest BCUT2D eigenvalue weighted by atomic mass is 79.9. The van der Waals surface area contributed by atoms with Crippen molar-refractivity contribution in [2.24, 2.45) is 0 Å². The van der Waals surface area contributed by atoms with E-state index in [0.29, 0.717) is 4.90 Å². The number of nitrogens with two attached hydrogens (primary N) is 1. The summed E-state index contributed by atoms with van der Waals surface area (Å²) in [5.74, 6) is 0. The van der Waals surface area contributed by atoms with Gasteiger partial charge in [0.05, 0.1) is 26.1 Å². The first-order chi connectivity index (χ1) is 46.0. The van der Waals surface area contributed by atoms with Crippen LogP contribution in [0.1, 0.15) is 105 Å². The lowest BCUT2D eigenvalue weighted by Gasteiger charge is -2.30. The van der Waals surface area contributed by atoms with Gasteiger partial charge in [-0.3, -0.25) is 20.2 Å². The van der Waals surface area contributed by atoms with E-state index in [1.807, 2.05) is 86.8 Å². The number of nitrogen functional groups attached to an aromatic ring is 1. The van der Waals surface area contributed by atoms with Crippen LogP contribution in [0.3, 0.4) is 0 Å². The molecule has 2 aliphatic heterocycles. The maximum atomic E-state index is 10.9. The molecule has 98 heavy (non-hydrogen) atoms. The molecule has 10 aromatic rings. The van der Waals surface area contributed by atoms with Gasteiger partial charge in [0.15, 0.2) is 0 Å². The number of halogens is 2. The number of nitro groups is 2. The number of aryl methyl sites for hydroxylation is 12. The van der Waals surface area contributed by atoms with Gasteiger partial charge in [-0.25, -0.2) is 0 Å². The molecule has 0 unspecified atom stereocenters. The molecule has 0 spiro atoms. The van der Waals surface area contributed by atoms with Gasteiger partial charge in [-0.15, -0.1) is 42.0 Å². The van der Waals surface area contributed by atoms with Crippen molar-refractivity contribution in [3.05, 3.63) is 293 Å². The highest BCUT2D eigenvalue weighted by Gasteiger charge is 2.18. The Bertz CT molecular complexity index is 4110. The van der Waals surface area contributed by atoms with Gasteiger partial charge in [0.25, 0.3) is 11.4 Å². The number of rotatable bonds is 12. The lowest BCUT2D eigenvalue weighted by molar-refractivity contribution is -0.387. The second kappa shape index (κ2) is 41.5. The van der Waals surface area contributed by atoms with Crippen molar-refractivity contribution in [3.63, 3.8) is 0 Å². The standard InChI is InChI=1S/2C19H23NS.C14H13NO2S.C14H15NS.C8H9NO2.C8H10S.BrH.ClH/c2*1-15-10-11-18(16(2)14-15)21-19-9-5-4-8-17(19)20-12-6-3-7-13-20;1-10-7-8-13(11(2)9-10)18-14-6-4-3-5-12(14)15(16)17;1-10-7-8-13(11(2)9-10)16-14-6-4-3-5-12(14)15;1-6-3-4-8(9(10)11)7(2)5-6;1-6-3-4-8(9)7(2)5-6;;/h2*4-5,8-11,14H,3,6-7,12-13H2,1-2H3;3-9H,1-2H3;3-9H,15H2,1-2H3;3-5H,1-2H3;3-5,9H,1-2H3;2*1H. The van der Waals surface area contributed by atoms with Crippen molar-refractivity contribution in [2.45, 2.75) is 166 Å². The summed E-state index contributed by atoms with van der Waals surface area (Å²) >= 11 is 11.2. The number of anilines is 3. The lowest BCUT2D eigenvalue weighted by atomic mass is 10.1. The third kappa shape index (κ3) is 25.9. The van der Waals surface area contributed by atoms with Crippen LogP contribution in [0.25, 0.3) is 0 Å². The van der Waals surface area contributed by atoms with E-state index in [-0.39, 0.29) is 50.6 Å². The number of nitrogens with zero attached hydrogens (tertiary/aromatic N) is 4. The van der Waals surface area contributed by atoms with Gasteiger partial charge < -0.3 is 15.5 Å². The molecule has 10 aromatic carbocycles. The topological polar surface area (TPSA) is 119 Å². The van der Waals surface area contributed by atoms with Crippen LogP contribution in [-0.4, -0.2) is 36.0 Å². The third-order valence-electron chi connectivity index (χ3n) is 16.2. The molecule has 2 aliphatic rings. The second-order valence-electron chi connectivity index (χ2n) is 24.6. The third-order valence-corrected chi connectivity index (χ3v) is 21.7. The van der Waals surface area contributed by atoms with Crippen molar-refractivity contribution in [3.8, 4) is 0 Å². The van der Waals surface area contributed by atoms with Crippen LogP contribution in [0.4, 0.5) is 28.4 Å². The van der Waals surface area contributed by atoms with E-state index < -0.39 is 0 Å². The number of piperidine rings is 2. The maximum absolute atomic E-state index is 10.9. The molecule has 0 aromatic heterocycles. The number of para-hydroxylation sites is 4. The van der Waals surface area contributed by atoms with Crippen molar-refractivity contribution >= 4 is 118 Å². The summed E-state index contributed by atoms with van der Waals surface area (Å²) in [7, 11) is 0. The quantitative estimate of drug-likeness (QED) is 0.0527. The minimum atomic E-state index is -0.366. The molecule has 0 atom stereocenters. The largest absolute Gasteiger partial charge is 0.398 e. The first-order valence-corrected chi connectivity index (χ1v) is 36.5. The summed E-state index contributed by atoms with van der Waals surface area (Å²) in [6.07, 6.45) is 8.04. The molecule has 2 N–H and O–H groups in total. The first-order valence-electron chi connectivity index (χ1n) is 32.8. The fourth-order valence-electron chi connectivity index (χ4n) is 11.1. The Balaban J connectivity index is 0.000000216. The van der Waals surface area contributed by atoms with Crippen LogP contribution in [-0.2, 0) is 0 Å². The molecule has 516 valence electrons. The molecular formula is C82H95BrClN5O4S5. The Labute approximate surface area is 622 Å². The van der Waals surface area contributed by atoms with Gasteiger partial charge in [-0.1, -0.05) is 196 Å². The molecule has 16 heteroatoms. The summed E-state index contributed by atoms with van der Waals surface area (Å²) in [6.45, 7) is 29.6. The molecule has 0 amide bonds. The van der Waals surface area contributed by atoms with Crippen LogP contribution in [0.2, 0.25) is 0 Å². The van der Waals surface area contributed by atoms with Crippen LogP contribution < -0.4 is 15.5 Å². The van der Waals surface area contributed by atoms with Crippen molar-refractivity contribution in [2.75, 3.05) is 41.7 Å². The molecular weight excluding hydrogens is 1390 g/mol. The normalized spacial score (nSPS) is 12.1. The lowest BCUT2D eigenvalue weighted by Crippen LogP contribution is -2.29. The highest BCUT2D eigenvalue weighted by Crippen LogP contribution is 2.41. The van der Waals surface area contributed by atoms with Crippen LogP contribution in [0.15, 0.2) is 250 Å². The minimum absolute atomic E-state index is 0. The summed E-state index contributed by atoms with van der Waals surface area (Å²) in [6, 6.07) is 69.8. The van der Waals surface area contributed by atoms with Gasteiger partial charge >= 0.3 is 0 Å². The number of hydrogen-bond acceptors (Lipinski definition) is 12. The molecule has 0 bridgehead atoms. The summed E-state index contributed by atoms with van der Waals surface area (Å²) < 4.78 is 0. The molecule has 0 aliphatic carbocycles. The Morgan fingerprint density at radius 3 is 0.980 bits per heavy atom. The Hall–Kier alpha value is -7.08. The van der Waals surface area contributed by atoms with E-state index in [1.165, 1.54) is 175 Å². The van der Waals surface area contributed by atoms with E-state index in [4.69, 9.17) is 5.73 Å². The first kappa shape index (κ1) is 81.6. The Morgan fingerprint density at radius 1 is 0.337 bits per heavy atom. The fourth-order valence-corrected chi connectivity index (χ4v) is 15.2.